The molecule has 0 heterocycles. The Morgan fingerprint density at radius 1 is 1.25 bits per heavy atom. The fraction of sp³-hybridized carbons (Fsp3) is 0.533. The minimum Gasteiger partial charge on any atom is -0.508 e. The molecule has 1 saturated carbocycles. The summed E-state index contributed by atoms with van der Waals surface area (Å²) in [5, 5.41) is 24.9. The van der Waals surface area contributed by atoms with Crippen LogP contribution in [0.5, 0.6) is 5.75 Å². The quantitative estimate of drug-likeness (QED) is 0.659. The van der Waals surface area contributed by atoms with Crippen molar-refractivity contribution in [3.63, 3.8) is 0 Å². The summed E-state index contributed by atoms with van der Waals surface area (Å²) < 4.78 is 0. The largest absolute Gasteiger partial charge is 0.508 e. The lowest BCUT2D eigenvalue weighted by Gasteiger charge is -2.22. The van der Waals surface area contributed by atoms with Gasteiger partial charge in [-0.05, 0) is 37.0 Å². The van der Waals surface area contributed by atoms with Crippen LogP contribution in [0, 0.1) is 0 Å². The molecule has 0 aromatic heterocycles. The van der Waals surface area contributed by atoms with Gasteiger partial charge in [-0.3, -0.25) is 0 Å². The maximum Gasteiger partial charge on any atom is 0.314 e. The third kappa shape index (κ3) is 4.42. The number of carbonyl (C=O) groups excluding carboxylic acids is 1. The van der Waals surface area contributed by atoms with Crippen molar-refractivity contribution in [2.45, 2.75) is 37.7 Å². The Bertz CT molecular complexity index is 456. The van der Waals surface area contributed by atoms with Gasteiger partial charge in [0.1, 0.15) is 5.75 Å². The molecule has 1 aromatic carbocycles. The first-order valence-corrected chi connectivity index (χ1v) is 7.09. The van der Waals surface area contributed by atoms with E-state index in [1.54, 1.807) is 18.2 Å². The molecule has 0 aliphatic heterocycles. The van der Waals surface area contributed by atoms with Crippen molar-refractivity contribution in [1.29, 1.82) is 0 Å². The number of aromatic hydroxyl groups is 1. The zero-order valence-corrected chi connectivity index (χ0v) is 11.6. The first kappa shape index (κ1) is 14.7. The Labute approximate surface area is 119 Å². The number of amides is 2. The predicted octanol–water partition coefficient (Wildman–Crippen LogP) is 1.54. The van der Waals surface area contributed by atoms with E-state index in [9.17, 15) is 15.0 Å². The minimum atomic E-state index is -0.720. The number of aliphatic hydroxyl groups is 1. The van der Waals surface area contributed by atoms with Gasteiger partial charge in [0.25, 0.3) is 0 Å². The Morgan fingerprint density at radius 2 is 2.00 bits per heavy atom. The van der Waals surface area contributed by atoms with E-state index in [1.807, 2.05) is 6.07 Å². The van der Waals surface area contributed by atoms with Crippen molar-refractivity contribution in [2.75, 3.05) is 13.1 Å². The maximum absolute atomic E-state index is 11.6. The zero-order chi connectivity index (χ0) is 14.4. The van der Waals surface area contributed by atoms with Crippen LogP contribution in [0.4, 0.5) is 4.79 Å². The second kappa shape index (κ2) is 6.61. The van der Waals surface area contributed by atoms with E-state index in [0.717, 1.165) is 31.2 Å². The molecular weight excluding hydrogens is 256 g/mol. The van der Waals surface area contributed by atoms with Crippen LogP contribution in [0.15, 0.2) is 24.3 Å². The van der Waals surface area contributed by atoms with Crippen molar-refractivity contribution in [3.05, 3.63) is 29.8 Å². The van der Waals surface area contributed by atoms with Crippen molar-refractivity contribution in [1.82, 2.24) is 10.6 Å². The number of nitrogens with one attached hydrogen (secondary N) is 2. The van der Waals surface area contributed by atoms with Gasteiger partial charge in [0.15, 0.2) is 0 Å². The molecule has 4 N–H and O–H groups in total. The molecule has 0 saturated heterocycles. The lowest BCUT2D eigenvalue weighted by atomic mass is 10.0. The first-order valence-electron chi connectivity index (χ1n) is 7.09. The summed E-state index contributed by atoms with van der Waals surface area (Å²) >= 11 is 0. The highest BCUT2D eigenvalue weighted by Crippen LogP contribution is 2.28. The van der Waals surface area contributed by atoms with Gasteiger partial charge in [-0.25, -0.2) is 4.79 Å². The van der Waals surface area contributed by atoms with Crippen LogP contribution >= 0.6 is 0 Å². The third-order valence-corrected chi connectivity index (χ3v) is 3.72. The summed E-state index contributed by atoms with van der Waals surface area (Å²) in [5.74, 6) is 0.232. The van der Waals surface area contributed by atoms with Crippen LogP contribution in [0.2, 0.25) is 0 Å². The molecule has 0 atom stereocenters. The van der Waals surface area contributed by atoms with E-state index in [0.29, 0.717) is 19.5 Å². The fourth-order valence-corrected chi connectivity index (χ4v) is 2.55. The van der Waals surface area contributed by atoms with Gasteiger partial charge in [-0.15, -0.1) is 0 Å². The van der Waals surface area contributed by atoms with Crippen molar-refractivity contribution < 1.29 is 15.0 Å². The van der Waals surface area contributed by atoms with Crippen molar-refractivity contribution >= 4 is 6.03 Å². The van der Waals surface area contributed by atoms with E-state index in [4.69, 9.17) is 0 Å². The van der Waals surface area contributed by atoms with Gasteiger partial charge in [0.05, 0.1) is 5.60 Å². The van der Waals surface area contributed by atoms with Gasteiger partial charge >= 0.3 is 6.03 Å². The van der Waals surface area contributed by atoms with E-state index >= 15 is 0 Å². The average molecular weight is 278 g/mol. The molecule has 1 aromatic rings. The van der Waals surface area contributed by atoms with Gasteiger partial charge in [0.2, 0.25) is 0 Å². The molecule has 2 amide bonds. The molecule has 0 spiro atoms. The molecule has 20 heavy (non-hydrogen) atoms. The van der Waals surface area contributed by atoms with Crippen LogP contribution in [-0.4, -0.2) is 34.9 Å². The Balaban J connectivity index is 1.65. The second-order valence-electron chi connectivity index (χ2n) is 5.46. The molecule has 1 aliphatic rings. The number of carbonyl (C=O) groups is 1. The van der Waals surface area contributed by atoms with E-state index in [2.05, 4.69) is 10.6 Å². The fourth-order valence-electron chi connectivity index (χ4n) is 2.55. The summed E-state index contributed by atoms with van der Waals surface area (Å²) in [6.45, 7) is 0.804. The van der Waals surface area contributed by atoms with E-state index < -0.39 is 5.60 Å². The number of benzene rings is 1. The van der Waals surface area contributed by atoms with Crippen LogP contribution in [0.1, 0.15) is 31.2 Å². The molecule has 1 fully saturated rings. The van der Waals surface area contributed by atoms with Crippen LogP contribution in [-0.2, 0) is 6.42 Å². The number of hydrogen-bond acceptors (Lipinski definition) is 3. The number of phenolic OH excluding ortho intramolecular Hbond substituents is 1. The molecule has 110 valence electrons. The monoisotopic (exact) mass is 278 g/mol. The van der Waals surface area contributed by atoms with E-state index in [-0.39, 0.29) is 11.8 Å². The summed E-state index contributed by atoms with van der Waals surface area (Å²) in [4.78, 5) is 11.6. The average Bonchev–Trinajstić information content (AvgIpc) is 2.84. The Hall–Kier alpha value is -1.75. The molecule has 0 unspecified atom stereocenters. The number of rotatable bonds is 5. The van der Waals surface area contributed by atoms with Gasteiger partial charge in [-0.1, -0.05) is 25.0 Å². The topological polar surface area (TPSA) is 81.6 Å². The van der Waals surface area contributed by atoms with Gasteiger partial charge < -0.3 is 20.8 Å². The summed E-state index contributed by atoms with van der Waals surface area (Å²) in [7, 11) is 0. The molecular formula is C15H22N2O3. The first-order chi connectivity index (χ1) is 9.57. The lowest BCUT2D eigenvalue weighted by molar-refractivity contribution is 0.0501. The Kier molecular flexibility index (Phi) is 4.84. The van der Waals surface area contributed by atoms with Crippen LogP contribution in [0.25, 0.3) is 0 Å². The van der Waals surface area contributed by atoms with Crippen LogP contribution < -0.4 is 10.6 Å². The number of phenols is 1. The Morgan fingerprint density at radius 3 is 2.70 bits per heavy atom. The number of hydrogen-bond donors (Lipinski definition) is 4. The summed E-state index contributed by atoms with van der Waals surface area (Å²) in [6.07, 6.45) is 4.23. The lowest BCUT2D eigenvalue weighted by Crippen LogP contribution is -2.45. The van der Waals surface area contributed by atoms with Crippen LogP contribution in [0.3, 0.4) is 0 Å². The maximum atomic E-state index is 11.6. The summed E-state index contributed by atoms with van der Waals surface area (Å²) in [5.41, 5.74) is 0.252. The molecule has 1 aliphatic carbocycles. The third-order valence-electron chi connectivity index (χ3n) is 3.72. The van der Waals surface area contributed by atoms with Crippen molar-refractivity contribution in [2.24, 2.45) is 0 Å². The van der Waals surface area contributed by atoms with E-state index in [1.165, 1.54) is 0 Å². The smallest absolute Gasteiger partial charge is 0.314 e. The SMILES string of the molecule is O=C(NCCc1cccc(O)c1)NCC1(O)CCCC1. The normalized spacial score (nSPS) is 16.9. The summed E-state index contributed by atoms with van der Waals surface area (Å²) in [6, 6.07) is 6.72. The van der Waals surface area contributed by atoms with Crippen molar-refractivity contribution in [3.8, 4) is 5.75 Å². The molecule has 0 bridgehead atoms. The molecule has 2 rings (SSSR count). The van der Waals surface area contributed by atoms with Gasteiger partial charge in [0, 0.05) is 13.1 Å². The highest BCUT2D eigenvalue weighted by molar-refractivity contribution is 5.73. The second-order valence-corrected chi connectivity index (χ2v) is 5.46. The highest BCUT2D eigenvalue weighted by Gasteiger charge is 2.31. The molecule has 5 heteroatoms. The standard InChI is InChI=1S/C15H22N2O3/c18-13-5-3-4-12(10-13)6-9-16-14(19)17-11-15(20)7-1-2-8-15/h3-5,10,18,20H,1-2,6-9,11H2,(H2,16,17,19). The van der Waals surface area contributed by atoms with Gasteiger partial charge in [-0.2, -0.15) is 0 Å². The predicted molar refractivity (Wildman–Crippen MR) is 76.6 cm³/mol. The number of urea groups is 1. The molecule has 0 radical (unpaired) electrons. The minimum absolute atomic E-state index is 0.232. The zero-order valence-electron chi connectivity index (χ0n) is 11.6. The molecule has 5 nitrogen and oxygen atoms in total. The highest BCUT2D eigenvalue weighted by atomic mass is 16.3.